The highest BCUT2D eigenvalue weighted by Gasteiger charge is 2.21. The second-order valence-electron chi connectivity index (χ2n) is 5.27. The number of amides is 1. The van der Waals surface area contributed by atoms with Crippen LogP contribution in [0.2, 0.25) is 0 Å². The minimum atomic E-state index is -3.63. The number of nitrogens with one attached hydrogen (secondary N) is 1. The normalized spacial score (nSPS) is 17.1. The van der Waals surface area contributed by atoms with Gasteiger partial charge in [0.2, 0.25) is 15.9 Å². The summed E-state index contributed by atoms with van der Waals surface area (Å²) < 4.78 is 43.6. The molecule has 0 bridgehead atoms. The number of halogens is 1. The maximum atomic E-state index is 14.3. The van der Waals surface area contributed by atoms with Gasteiger partial charge in [0.15, 0.2) is 0 Å². The van der Waals surface area contributed by atoms with Gasteiger partial charge in [-0.1, -0.05) is 6.07 Å². The molecule has 0 aromatic heterocycles. The van der Waals surface area contributed by atoms with Crippen molar-refractivity contribution >= 4 is 21.6 Å². The van der Waals surface area contributed by atoms with Crippen molar-refractivity contribution in [3.63, 3.8) is 0 Å². The smallest absolute Gasteiger partial charge is 0.240 e. The summed E-state index contributed by atoms with van der Waals surface area (Å²) in [6.07, 6.45) is 0.903. The second kappa shape index (κ2) is 6.62. The lowest BCUT2D eigenvalue weighted by Gasteiger charge is -2.29. The van der Waals surface area contributed by atoms with Crippen molar-refractivity contribution in [1.82, 2.24) is 4.72 Å². The van der Waals surface area contributed by atoms with Crippen molar-refractivity contribution in [2.75, 3.05) is 37.5 Å². The van der Waals surface area contributed by atoms with E-state index >= 15 is 0 Å². The Balaban J connectivity index is 2.16. The molecule has 0 radical (unpaired) electrons. The lowest BCUT2D eigenvalue weighted by molar-refractivity contribution is -0.120. The Hall–Kier alpha value is -1.67. The van der Waals surface area contributed by atoms with Gasteiger partial charge in [0.05, 0.1) is 31.1 Å². The molecule has 1 heterocycles. The first-order valence-electron chi connectivity index (χ1n) is 6.91. The Kier molecular flexibility index (Phi) is 5.02. The van der Waals surface area contributed by atoms with Crippen LogP contribution in [0, 0.1) is 5.82 Å². The average Bonchev–Trinajstić information content (AvgIpc) is 2.45. The zero-order valence-corrected chi connectivity index (χ0v) is 13.3. The van der Waals surface area contributed by atoms with Crippen LogP contribution in [0.4, 0.5) is 10.1 Å². The van der Waals surface area contributed by atoms with Gasteiger partial charge < -0.3 is 9.64 Å². The monoisotopic (exact) mass is 330 g/mol. The van der Waals surface area contributed by atoms with Gasteiger partial charge in [0.25, 0.3) is 0 Å². The predicted octanol–water partition coefficient (Wildman–Crippen LogP) is 0.842. The number of nitrogens with zero attached hydrogens (tertiary/aromatic N) is 1. The van der Waals surface area contributed by atoms with Crippen molar-refractivity contribution in [3.05, 3.63) is 29.6 Å². The zero-order chi connectivity index (χ0) is 16.3. The molecule has 6 nitrogen and oxygen atoms in total. The molecule has 0 spiro atoms. The quantitative estimate of drug-likeness (QED) is 0.885. The number of hydrogen-bond acceptors (Lipinski definition) is 5. The van der Waals surface area contributed by atoms with Gasteiger partial charge in [-0.2, -0.15) is 0 Å². The molecule has 1 N–H and O–H groups in total. The summed E-state index contributed by atoms with van der Waals surface area (Å²) in [5.41, 5.74) is 0.887. The summed E-state index contributed by atoms with van der Waals surface area (Å²) >= 11 is 0. The number of rotatable bonds is 4. The third-order valence-electron chi connectivity index (χ3n) is 3.50. The van der Waals surface area contributed by atoms with E-state index in [1.54, 1.807) is 12.1 Å². The summed E-state index contributed by atoms with van der Waals surface area (Å²) in [4.78, 5) is 13.7. The molecular formula is C14H19FN2O4S. The number of benzene rings is 1. The van der Waals surface area contributed by atoms with Gasteiger partial charge in [-0.15, -0.1) is 0 Å². The fourth-order valence-electron chi connectivity index (χ4n) is 2.28. The van der Waals surface area contributed by atoms with Crippen LogP contribution in [0.25, 0.3) is 0 Å². The molecule has 1 aliphatic heterocycles. The van der Waals surface area contributed by atoms with E-state index in [4.69, 9.17) is 4.74 Å². The number of anilines is 1. The fraction of sp³-hybridized carbons (Fsp3) is 0.500. The maximum Gasteiger partial charge on any atom is 0.240 e. The summed E-state index contributed by atoms with van der Waals surface area (Å²) in [6, 6.07) is 4.53. The summed E-state index contributed by atoms with van der Waals surface area (Å²) in [7, 11) is -3.63. The highest BCUT2D eigenvalue weighted by atomic mass is 32.2. The van der Waals surface area contributed by atoms with E-state index in [9.17, 15) is 17.6 Å². The second-order valence-corrected chi connectivity index (χ2v) is 7.02. The molecule has 1 atom stereocenters. The standard InChI is InChI=1S/C14H19FN2O4S/c1-10(14(18)16-22(2,19)20)11-3-4-13(12(15)9-11)17-5-7-21-8-6-17/h3-4,9-10H,5-8H2,1-2H3,(H,16,18). The summed E-state index contributed by atoms with van der Waals surface area (Å²) in [5, 5.41) is 0. The lowest BCUT2D eigenvalue weighted by atomic mass is 10.00. The maximum absolute atomic E-state index is 14.3. The van der Waals surface area contributed by atoms with Crippen LogP contribution in [-0.2, 0) is 19.6 Å². The first-order chi connectivity index (χ1) is 10.3. The first kappa shape index (κ1) is 16.7. The van der Waals surface area contributed by atoms with Crippen molar-refractivity contribution in [3.8, 4) is 0 Å². The van der Waals surface area contributed by atoms with E-state index in [2.05, 4.69) is 0 Å². The van der Waals surface area contributed by atoms with E-state index < -0.39 is 27.7 Å². The highest BCUT2D eigenvalue weighted by Crippen LogP contribution is 2.25. The Morgan fingerprint density at radius 3 is 2.55 bits per heavy atom. The minimum Gasteiger partial charge on any atom is -0.378 e. The van der Waals surface area contributed by atoms with Gasteiger partial charge in [0, 0.05) is 13.1 Å². The number of ether oxygens (including phenoxy) is 1. The summed E-state index contributed by atoms with van der Waals surface area (Å²) in [5.74, 6) is -1.87. The number of sulfonamides is 1. The lowest BCUT2D eigenvalue weighted by Crippen LogP contribution is -2.36. The van der Waals surface area contributed by atoms with E-state index in [1.165, 1.54) is 13.0 Å². The van der Waals surface area contributed by atoms with Crippen molar-refractivity contribution in [1.29, 1.82) is 0 Å². The zero-order valence-electron chi connectivity index (χ0n) is 12.5. The van der Waals surface area contributed by atoms with E-state index in [0.717, 1.165) is 6.26 Å². The largest absolute Gasteiger partial charge is 0.378 e. The molecule has 1 saturated heterocycles. The third-order valence-corrected chi connectivity index (χ3v) is 4.07. The molecule has 1 aliphatic rings. The number of carbonyl (C=O) groups is 1. The molecule has 1 aromatic rings. The number of hydrogen-bond donors (Lipinski definition) is 1. The van der Waals surface area contributed by atoms with Gasteiger partial charge in [-0.05, 0) is 24.6 Å². The van der Waals surface area contributed by atoms with E-state index in [0.29, 0.717) is 37.6 Å². The third kappa shape index (κ3) is 4.17. The predicted molar refractivity (Wildman–Crippen MR) is 80.8 cm³/mol. The number of morpholine rings is 1. The molecule has 2 rings (SSSR count). The van der Waals surface area contributed by atoms with Crippen LogP contribution >= 0.6 is 0 Å². The molecular weight excluding hydrogens is 311 g/mol. The first-order valence-corrected chi connectivity index (χ1v) is 8.81. The molecule has 0 aliphatic carbocycles. The van der Waals surface area contributed by atoms with Gasteiger partial charge in [0.1, 0.15) is 5.82 Å². The molecule has 122 valence electrons. The average molecular weight is 330 g/mol. The van der Waals surface area contributed by atoms with E-state index in [-0.39, 0.29) is 0 Å². The van der Waals surface area contributed by atoms with Gasteiger partial charge in [-0.25, -0.2) is 12.8 Å². The minimum absolute atomic E-state index is 0.427. The topological polar surface area (TPSA) is 75.7 Å². The highest BCUT2D eigenvalue weighted by molar-refractivity contribution is 7.89. The van der Waals surface area contributed by atoms with Crippen LogP contribution in [0.1, 0.15) is 18.4 Å². The molecule has 1 amide bonds. The van der Waals surface area contributed by atoms with Crippen molar-refractivity contribution in [2.24, 2.45) is 0 Å². The number of carbonyl (C=O) groups excluding carboxylic acids is 1. The van der Waals surface area contributed by atoms with Crippen LogP contribution < -0.4 is 9.62 Å². The van der Waals surface area contributed by atoms with Crippen molar-refractivity contribution < 1.29 is 22.3 Å². The molecule has 1 unspecified atom stereocenters. The fourth-order valence-corrected chi connectivity index (χ4v) is 2.82. The van der Waals surface area contributed by atoms with Gasteiger partial charge in [-0.3, -0.25) is 9.52 Å². The SMILES string of the molecule is CC(C(=O)NS(C)(=O)=O)c1ccc(N2CCOCC2)c(F)c1. The van der Waals surface area contributed by atoms with E-state index in [1.807, 2.05) is 9.62 Å². The van der Waals surface area contributed by atoms with Crippen LogP contribution in [0.3, 0.4) is 0 Å². The molecule has 22 heavy (non-hydrogen) atoms. The van der Waals surface area contributed by atoms with Crippen LogP contribution in [0.5, 0.6) is 0 Å². The molecule has 0 saturated carbocycles. The Bertz CT molecular complexity index is 657. The van der Waals surface area contributed by atoms with Crippen molar-refractivity contribution in [2.45, 2.75) is 12.8 Å². The Labute approximate surface area is 129 Å². The van der Waals surface area contributed by atoms with Crippen LogP contribution in [0.15, 0.2) is 18.2 Å². The molecule has 1 aromatic carbocycles. The Morgan fingerprint density at radius 1 is 1.36 bits per heavy atom. The summed E-state index contributed by atoms with van der Waals surface area (Å²) in [6.45, 7) is 3.85. The Morgan fingerprint density at radius 2 is 2.00 bits per heavy atom. The molecule has 1 fully saturated rings. The van der Waals surface area contributed by atoms with Crippen LogP contribution in [-0.4, -0.2) is 46.9 Å². The van der Waals surface area contributed by atoms with Gasteiger partial charge >= 0.3 is 0 Å². The molecule has 8 heteroatoms.